The molecule has 0 spiro atoms. The predicted molar refractivity (Wildman–Crippen MR) is 333 cm³/mol. The summed E-state index contributed by atoms with van der Waals surface area (Å²) in [5.41, 5.74) is 18.3. The Morgan fingerprint density at radius 2 is 0.877 bits per heavy atom. The van der Waals surface area contributed by atoms with Gasteiger partial charge in [0, 0.05) is 46.1 Å². The van der Waals surface area contributed by atoms with Crippen molar-refractivity contribution >= 4 is 38.0 Å². The van der Waals surface area contributed by atoms with Gasteiger partial charge < -0.3 is 5.11 Å². The smallest absolute Gasteiger partial charge is 0.187 e. The number of pyridine rings is 3. The minimum Gasteiger partial charge on any atom is -0.508 e. The highest BCUT2D eigenvalue weighted by molar-refractivity contribution is 6.25. The van der Waals surface area contributed by atoms with Crippen LogP contribution in [-0.4, -0.2) is 20.1 Å². The lowest BCUT2D eigenvalue weighted by molar-refractivity contribution is 0.431. The maximum absolute atomic E-state index is 10.3. The molecular weight excluding hydrogens is 985 g/mol. The van der Waals surface area contributed by atoms with Crippen LogP contribution in [0.2, 0.25) is 0 Å². The molecular formula is C76H60N4O. The molecule has 0 atom stereocenters. The molecule has 0 radical (unpaired) electrons. The van der Waals surface area contributed by atoms with Crippen molar-refractivity contribution in [1.82, 2.24) is 15.0 Å². The lowest BCUT2D eigenvalue weighted by Gasteiger charge is -2.32. The van der Waals surface area contributed by atoms with E-state index < -0.39 is 0 Å². The molecule has 1 N–H and O–H groups in total. The Morgan fingerprint density at radius 3 is 1.46 bits per heavy atom. The first-order chi connectivity index (χ1) is 39.9. The van der Waals surface area contributed by atoms with Gasteiger partial charge in [0.1, 0.15) is 5.75 Å². The Morgan fingerprint density at radius 1 is 0.358 bits per heavy atom. The molecule has 2 aliphatic carbocycles. The van der Waals surface area contributed by atoms with E-state index in [4.69, 9.17) is 21.5 Å². The molecule has 12 aromatic rings. The summed E-state index contributed by atoms with van der Waals surface area (Å²) >= 11 is 0. The maximum atomic E-state index is 10.3. The molecule has 2 fully saturated rings. The molecule has 2 saturated carbocycles. The molecule has 81 heavy (non-hydrogen) atoms. The molecule has 0 unspecified atom stereocenters. The van der Waals surface area contributed by atoms with Crippen LogP contribution in [0, 0.1) is 6.57 Å². The molecule has 0 amide bonds. The molecule has 5 heteroatoms. The van der Waals surface area contributed by atoms with Crippen molar-refractivity contribution in [2.45, 2.75) is 75.0 Å². The molecule has 0 bridgehead atoms. The normalized spacial score (nSPS) is 14.6. The van der Waals surface area contributed by atoms with Crippen LogP contribution < -0.4 is 0 Å². The van der Waals surface area contributed by atoms with Crippen LogP contribution in [0.25, 0.3) is 104 Å². The second-order valence-corrected chi connectivity index (χ2v) is 22.8. The van der Waals surface area contributed by atoms with Gasteiger partial charge in [-0.3, -0.25) is 15.0 Å². The SMILES string of the molecule is [C-]#[N+]c1cccc(-c2ccc(C3(Cc4cc(CC5(c6ccc(-c7cccc(O)c7)nc6)CCCC5)cc(-c5ccccc5-c5cnc(-c6ccccc6)cc5-c5ccc6c7ccccc7c7ccccc7c6c5)c4)CCCC3)cn2)c1. The number of fused-ring (bicyclic) bond motifs is 6. The summed E-state index contributed by atoms with van der Waals surface area (Å²) in [6.07, 6.45) is 17.2. The van der Waals surface area contributed by atoms with E-state index in [1.807, 2.05) is 36.4 Å². The Bertz CT molecular complexity index is 4340. The fraction of sp³-hybridized carbons (Fsp3) is 0.158. The number of nitrogens with zero attached hydrogens (tertiary/aromatic N) is 4. The standard InChI is InChI=1S/C76H60N4O/c1-77-60-21-15-19-55(42-60)72-33-30-58(48-78-72)75(35-11-12-36-75)46-51-39-52(47-76(37-13-14-38-76)59-31-34-73(79-49-59)56-20-16-22-61(81)43-56)41-57(40-51)62-23-5-6-24-63(62)71-50-80-74(53-17-3-2-4-18-53)45-69(71)54-29-32-68-66-27-8-7-25-64(66)65-26-9-10-28-67(65)70(68)44-54/h2-10,15-34,39-45,48-50,81H,11-14,35-38,46-47H2. The average Bonchev–Trinajstić information content (AvgIpc) is 4.35. The van der Waals surface area contributed by atoms with Crippen molar-refractivity contribution in [3.63, 3.8) is 0 Å². The molecule has 0 aliphatic heterocycles. The summed E-state index contributed by atoms with van der Waals surface area (Å²) in [5.74, 6) is 0.242. The Hall–Kier alpha value is -9.50. The van der Waals surface area contributed by atoms with Crippen LogP contribution in [-0.2, 0) is 23.7 Å². The van der Waals surface area contributed by atoms with E-state index in [1.54, 1.807) is 12.1 Å². The Labute approximate surface area is 474 Å². The maximum Gasteiger partial charge on any atom is 0.187 e. The number of benzene rings is 9. The van der Waals surface area contributed by atoms with Crippen LogP contribution in [0.5, 0.6) is 5.75 Å². The number of hydrogen-bond donors (Lipinski definition) is 1. The number of hydrogen-bond acceptors (Lipinski definition) is 4. The first-order valence-electron chi connectivity index (χ1n) is 28.7. The van der Waals surface area contributed by atoms with E-state index in [0.717, 1.165) is 94.6 Å². The summed E-state index contributed by atoms with van der Waals surface area (Å²) in [6.45, 7) is 7.62. The minimum atomic E-state index is -0.0783. The van der Waals surface area contributed by atoms with Gasteiger partial charge in [-0.2, -0.15) is 0 Å². The van der Waals surface area contributed by atoms with Gasteiger partial charge in [-0.15, -0.1) is 0 Å². The van der Waals surface area contributed by atoms with Crippen LogP contribution in [0.15, 0.2) is 237 Å². The van der Waals surface area contributed by atoms with E-state index in [-0.39, 0.29) is 16.6 Å². The van der Waals surface area contributed by atoms with Gasteiger partial charge in [-0.25, -0.2) is 4.85 Å². The lowest BCUT2D eigenvalue weighted by atomic mass is 9.72. The van der Waals surface area contributed by atoms with Crippen molar-refractivity contribution in [3.05, 3.63) is 271 Å². The topological polar surface area (TPSA) is 63.3 Å². The van der Waals surface area contributed by atoms with Gasteiger partial charge in [0.15, 0.2) is 5.69 Å². The molecule has 0 saturated heterocycles. The number of aromatic nitrogens is 3. The molecule has 3 heterocycles. The summed E-state index contributed by atoms with van der Waals surface area (Å²) in [6, 6.07) is 78.2. The highest BCUT2D eigenvalue weighted by atomic mass is 16.3. The van der Waals surface area contributed by atoms with Crippen molar-refractivity contribution in [3.8, 4) is 72.9 Å². The number of aromatic hydroxyl groups is 1. The highest BCUT2D eigenvalue weighted by Gasteiger charge is 2.39. The van der Waals surface area contributed by atoms with Crippen molar-refractivity contribution in [2.75, 3.05) is 0 Å². The summed E-state index contributed by atoms with van der Waals surface area (Å²) in [4.78, 5) is 19.1. The van der Waals surface area contributed by atoms with Gasteiger partial charge in [-0.1, -0.05) is 202 Å². The van der Waals surface area contributed by atoms with Gasteiger partial charge in [0.2, 0.25) is 0 Å². The largest absolute Gasteiger partial charge is 0.508 e. The molecule has 9 aromatic carbocycles. The van der Waals surface area contributed by atoms with E-state index in [1.165, 1.54) is 91.4 Å². The lowest BCUT2D eigenvalue weighted by Crippen LogP contribution is -2.27. The van der Waals surface area contributed by atoms with Gasteiger partial charge in [0.05, 0.1) is 23.7 Å². The molecule has 390 valence electrons. The molecule has 2 aliphatic rings. The minimum absolute atomic E-state index is 0.0775. The van der Waals surface area contributed by atoms with Gasteiger partial charge >= 0.3 is 0 Å². The van der Waals surface area contributed by atoms with E-state index in [9.17, 15) is 5.11 Å². The molecule has 14 rings (SSSR count). The molecule has 5 nitrogen and oxygen atoms in total. The Balaban J connectivity index is 0.919. The third-order valence-electron chi connectivity index (χ3n) is 18.0. The third-order valence-corrected chi connectivity index (χ3v) is 18.0. The Kier molecular flexibility index (Phi) is 12.9. The zero-order valence-corrected chi connectivity index (χ0v) is 45.3. The van der Waals surface area contributed by atoms with Crippen LogP contribution in [0.3, 0.4) is 0 Å². The molecule has 3 aromatic heterocycles. The number of phenolic OH excluding ortho intramolecular Hbond substituents is 1. The van der Waals surface area contributed by atoms with Crippen LogP contribution in [0.1, 0.15) is 73.6 Å². The van der Waals surface area contributed by atoms with Crippen LogP contribution >= 0.6 is 0 Å². The van der Waals surface area contributed by atoms with Gasteiger partial charge in [-0.05, 0) is 169 Å². The monoisotopic (exact) mass is 1040 g/mol. The second-order valence-electron chi connectivity index (χ2n) is 22.8. The second kappa shape index (κ2) is 20.9. The first kappa shape index (κ1) is 49.8. The zero-order chi connectivity index (χ0) is 54.3. The third kappa shape index (κ3) is 9.41. The predicted octanol–water partition coefficient (Wildman–Crippen LogP) is 19.7. The van der Waals surface area contributed by atoms with Crippen molar-refractivity contribution in [1.29, 1.82) is 0 Å². The van der Waals surface area contributed by atoms with Crippen LogP contribution in [0.4, 0.5) is 5.69 Å². The van der Waals surface area contributed by atoms with Gasteiger partial charge in [0.25, 0.3) is 0 Å². The fourth-order valence-corrected chi connectivity index (χ4v) is 14.0. The first-order valence-corrected chi connectivity index (χ1v) is 28.7. The van der Waals surface area contributed by atoms with E-state index in [0.29, 0.717) is 5.69 Å². The highest BCUT2D eigenvalue weighted by Crippen LogP contribution is 2.49. The van der Waals surface area contributed by atoms with E-state index >= 15 is 0 Å². The summed E-state index contributed by atoms with van der Waals surface area (Å²) in [5, 5.41) is 17.9. The average molecular weight is 1050 g/mol. The quantitative estimate of drug-likeness (QED) is 0.0978. The van der Waals surface area contributed by atoms with Crippen molar-refractivity contribution in [2.24, 2.45) is 0 Å². The van der Waals surface area contributed by atoms with Crippen molar-refractivity contribution < 1.29 is 5.11 Å². The number of rotatable bonds is 12. The van der Waals surface area contributed by atoms with E-state index in [2.05, 4.69) is 193 Å². The summed E-state index contributed by atoms with van der Waals surface area (Å²) < 4.78 is 0. The fourth-order valence-electron chi connectivity index (χ4n) is 14.0. The zero-order valence-electron chi connectivity index (χ0n) is 45.3. The number of phenols is 1. The summed E-state index contributed by atoms with van der Waals surface area (Å²) in [7, 11) is 0.